The highest BCUT2D eigenvalue weighted by atomic mass is 127. The van der Waals surface area contributed by atoms with Crippen molar-refractivity contribution < 1.29 is 9.53 Å². The predicted octanol–water partition coefficient (Wildman–Crippen LogP) is 3.16. The van der Waals surface area contributed by atoms with Gasteiger partial charge in [0.15, 0.2) is 0 Å². The summed E-state index contributed by atoms with van der Waals surface area (Å²) >= 11 is 2.30. The number of rotatable bonds is 5. The number of carbonyl (C=O) groups excluding carboxylic acids is 1. The molecule has 0 aliphatic carbocycles. The third-order valence-corrected chi connectivity index (χ3v) is 3.22. The Morgan fingerprint density at radius 3 is 2.61 bits per heavy atom. The first-order chi connectivity index (χ1) is 8.76. The average Bonchev–Trinajstić information content (AvgIpc) is 2.87. The van der Waals surface area contributed by atoms with E-state index in [9.17, 15) is 4.79 Å². The number of ether oxygens (including phenoxy) is 1. The Kier molecular flexibility index (Phi) is 4.41. The van der Waals surface area contributed by atoms with Crippen molar-refractivity contribution in [3.8, 4) is 5.75 Å². The van der Waals surface area contributed by atoms with Crippen molar-refractivity contribution in [1.29, 1.82) is 0 Å². The van der Waals surface area contributed by atoms with Crippen LogP contribution in [0.4, 0.5) is 0 Å². The molecule has 0 unspecified atom stereocenters. The number of aromatic nitrogens is 1. The number of alkyl halides is 1. The van der Waals surface area contributed by atoms with E-state index in [0.29, 0.717) is 5.56 Å². The second kappa shape index (κ2) is 6.04. The number of carbonyl (C=O) groups is 1. The summed E-state index contributed by atoms with van der Waals surface area (Å²) in [7, 11) is 1.61. The minimum absolute atomic E-state index is 0.0486. The second-order valence-corrected chi connectivity index (χ2v) is 4.91. The fourth-order valence-electron chi connectivity index (χ4n) is 1.80. The van der Waals surface area contributed by atoms with Crippen molar-refractivity contribution in [2.75, 3.05) is 11.5 Å². The molecule has 2 rings (SSSR count). The minimum atomic E-state index is 0.0486. The Labute approximate surface area is 120 Å². The smallest absolute Gasteiger partial charge is 0.209 e. The zero-order valence-electron chi connectivity index (χ0n) is 10.1. The van der Waals surface area contributed by atoms with Crippen LogP contribution in [0.1, 0.15) is 16.1 Å². The van der Waals surface area contributed by atoms with Crippen LogP contribution in [-0.2, 0) is 6.54 Å². The van der Waals surface area contributed by atoms with E-state index < -0.39 is 0 Å². The maximum Gasteiger partial charge on any atom is 0.209 e. The van der Waals surface area contributed by atoms with E-state index in [4.69, 9.17) is 4.74 Å². The lowest BCUT2D eigenvalue weighted by molar-refractivity contribution is 0.103. The van der Waals surface area contributed by atoms with Gasteiger partial charge in [0.1, 0.15) is 5.75 Å². The zero-order chi connectivity index (χ0) is 13.0. The van der Waals surface area contributed by atoms with Gasteiger partial charge in [-0.2, -0.15) is 0 Å². The zero-order valence-corrected chi connectivity index (χ0v) is 12.3. The van der Waals surface area contributed by atoms with E-state index in [-0.39, 0.29) is 5.78 Å². The van der Waals surface area contributed by atoms with Crippen LogP contribution < -0.4 is 4.74 Å². The first-order valence-corrected chi connectivity index (χ1v) is 7.18. The summed E-state index contributed by atoms with van der Waals surface area (Å²) in [6.45, 7) is 0.852. The molecule has 0 amide bonds. The van der Waals surface area contributed by atoms with Crippen molar-refractivity contribution in [2.24, 2.45) is 0 Å². The lowest BCUT2D eigenvalue weighted by Crippen LogP contribution is -2.10. The van der Waals surface area contributed by atoms with Crippen LogP contribution in [0, 0.1) is 0 Å². The van der Waals surface area contributed by atoms with Crippen LogP contribution in [0.3, 0.4) is 0 Å². The number of aryl methyl sites for hydroxylation is 1. The molecule has 94 valence electrons. The van der Waals surface area contributed by atoms with Crippen LogP contribution in [0.2, 0.25) is 0 Å². The van der Waals surface area contributed by atoms with Gasteiger partial charge in [-0.1, -0.05) is 22.6 Å². The van der Waals surface area contributed by atoms with Crippen LogP contribution in [-0.4, -0.2) is 21.9 Å². The quantitative estimate of drug-likeness (QED) is 0.469. The number of nitrogens with zero attached hydrogens (tertiary/aromatic N) is 1. The molecular weight excluding hydrogens is 341 g/mol. The SMILES string of the molecule is COc1ccc(C(=O)c2cccn2CCI)cc1. The molecule has 0 N–H and O–H groups in total. The molecule has 1 aromatic carbocycles. The van der Waals surface area contributed by atoms with Gasteiger partial charge in [-0.3, -0.25) is 4.79 Å². The monoisotopic (exact) mass is 355 g/mol. The van der Waals surface area contributed by atoms with Gasteiger partial charge in [-0.25, -0.2) is 0 Å². The highest BCUT2D eigenvalue weighted by Crippen LogP contribution is 2.15. The first-order valence-electron chi connectivity index (χ1n) is 5.66. The summed E-state index contributed by atoms with van der Waals surface area (Å²) in [5.74, 6) is 0.807. The van der Waals surface area contributed by atoms with E-state index >= 15 is 0 Å². The molecule has 0 saturated heterocycles. The van der Waals surface area contributed by atoms with E-state index in [1.54, 1.807) is 31.4 Å². The Bertz CT molecular complexity index is 531. The number of hydrogen-bond donors (Lipinski definition) is 0. The number of hydrogen-bond acceptors (Lipinski definition) is 2. The molecule has 3 nitrogen and oxygen atoms in total. The van der Waals surface area contributed by atoms with Gasteiger partial charge in [0.05, 0.1) is 12.8 Å². The molecule has 0 saturated carbocycles. The molecule has 0 fully saturated rings. The van der Waals surface area contributed by atoms with Gasteiger partial charge < -0.3 is 9.30 Å². The van der Waals surface area contributed by atoms with Crippen LogP contribution >= 0.6 is 22.6 Å². The Morgan fingerprint density at radius 2 is 2.00 bits per heavy atom. The molecule has 0 radical (unpaired) electrons. The molecule has 0 bridgehead atoms. The Balaban J connectivity index is 2.26. The highest BCUT2D eigenvalue weighted by molar-refractivity contribution is 14.1. The molecule has 2 aromatic rings. The molecule has 1 heterocycles. The van der Waals surface area contributed by atoms with Crippen molar-refractivity contribution in [2.45, 2.75) is 6.54 Å². The summed E-state index contributed by atoms with van der Waals surface area (Å²) in [6, 6.07) is 11.0. The van der Waals surface area contributed by atoms with E-state index in [1.165, 1.54) is 0 Å². The third kappa shape index (κ3) is 2.75. The van der Waals surface area contributed by atoms with Crippen LogP contribution in [0.25, 0.3) is 0 Å². The molecule has 1 aromatic heterocycles. The van der Waals surface area contributed by atoms with Gasteiger partial charge in [0.25, 0.3) is 0 Å². The van der Waals surface area contributed by atoms with Gasteiger partial charge in [-0.05, 0) is 36.4 Å². The van der Waals surface area contributed by atoms with E-state index in [1.807, 2.05) is 22.9 Å². The number of halogens is 1. The standard InChI is InChI=1S/C14H14INO2/c1-18-12-6-4-11(5-7-12)14(17)13-3-2-9-16(13)10-8-15/h2-7,9H,8,10H2,1H3. The van der Waals surface area contributed by atoms with Crippen molar-refractivity contribution in [1.82, 2.24) is 4.57 Å². The molecule has 4 heteroatoms. The third-order valence-electron chi connectivity index (χ3n) is 2.74. The minimum Gasteiger partial charge on any atom is -0.497 e. The highest BCUT2D eigenvalue weighted by Gasteiger charge is 2.12. The van der Waals surface area contributed by atoms with Gasteiger partial charge in [0.2, 0.25) is 5.78 Å². The first kappa shape index (κ1) is 13.1. The van der Waals surface area contributed by atoms with Crippen LogP contribution in [0.5, 0.6) is 5.75 Å². The van der Waals surface area contributed by atoms with E-state index in [0.717, 1.165) is 22.4 Å². The summed E-state index contributed by atoms with van der Waals surface area (Å²) < 4.78 is 8.05. The fourth-order valence-corrected chi connectivity index (χ4v) is 2.32. The maximum atomic E-state index is 12.3. The normalized spacial score (nSPS) is 10.3. The summed E-state index contributed by atoms with van der Waals surface area (Å²) in [5.41, 5.74) is 1.42. The predicted molar refractivity (Wildman–Crippen MR) is 79.7 cm³/mol. The van der Waals surface area contributed by atoms with E-state index in [2.05, 4.69) is 22.6 Å². The van der Waals surface area contributed by atoms with Crippen molar-refractivity contribution in [3.05, 3.63) is 53.9 Å². The lowest BCUT2D eigenvalue weighted by atomic mass is 10.1. The number of methoxy groups -OCH3 is 1. The maximum absolute atomic E-state index is 12.3. The van der Waals surface area contributed by atoms with Gasteiger partial charge >= 0.3 is 0 Å². The Morgan fingerprint density at radius 1 is 1.28 bits per heavy atom. The molecular formula is C14H14INO2. The largest absolute Gasteiger partial charge is 0.497 e. The topological polar surface area (TPSA) is 31.2 Å². The summed E-state index contributed by atoms with van der Waals surface area (Å²) in [6.07, 6.45) is 1.94. The molecule has 0 aliphatic heterocycles. The lowest BCUT2D eigenvalue weighted by Gasteiger charge is -2.07. The second-order valence-electron chi connectivity index (χ2n) is 3.83. The van der Waals surface area contributed by atoms with Gasteiger partial charge in [-0.15, -0.1) is 0 Å². The summed E-state index contributed by atoms with van der Waals surface area (Å²) in [5, 5.41) is 0. The van der Waals surface area contributed by atoms with Gasteiger partial charge in [0, 0.05) is 22.7 Å². The Hall–Kier alpha value is -1.30. The van der Waals surface area contributed by atoms with Crippen molar-refractivity contribution >= 4 is 28.4 Å². The van der Waals surface area contributed by atoms with Crippen molar-refractivity contribution in [3.63, 3.8) is 0 Å². The number of ketones is 1. The molecule has 0 aliphatic rings. The molecule has 0 atom stereocenters. The average molecular weight is 355 g/mol. The molecule has 18 heavy (non-hydrogen) atoms. The number of benzene rings is 1. The molecule has 0 spiro atoms. The fraction of sp³-hybridized carbons (Fsp3) is 0.214. The summed E-state index contributed by atoms with van der Waals surface area (Å²) in [4.78, 5) is 12.3. The van der Waals surface area contributed by atoms with Crippen LogP contribution in [0.15, 0.2) is 42.6 Å².